The molecule has 1 aromatic rings. The van der Waals surface area contributed by atoms with E-state index in [0.717, 1.165) is 37.9 Å². The number of hydrogen-bond donors (Lipinski definition) is 1. The molecule has 6 nitrogen and oxygen atoms in total. The van der Waals surface area contributed by atoms with Crippen LogP contribution < -0.4 is 5.32 Å². The highest BCUT2D eigenvalue weighted by Crippen LogP contribution is 2.35. The first-order chi connectivity index (χ1) is 8.97. The average molecular weight is 284 g/mol. The number of hydrogen-bond acceptors (Lipinski definition) is 4. The molecule has 7 heteroatoms. The van der Waals surface area contributed by atoms with Crippen molar-refractivity contribution in [2.24, 2.45) is 0 Å². The molecule has 0 radical (unpaired) electrons. The molecule has 0 spiro atoms. The number of carbonyl (C=O) groups excluding carboxylic acids is 1. The molecule has 1 N–H and O–H groups in total. The topological polar surface area (TPSA) is 85.1 Å². The molecule has 0 aromatic carbocycles. The third-order valence-corrected chi connectivity index (χ3v) is 3.95. The second-order valence-corrected chi connectivity index (χ2v) is 5.09. The Morgan fingerprint density at radius 3 is 2.79 bits per heavy atom. The first-order valence-electron chi connectivity index (χ1n) is 6.10. The number of carbonyl (C=O) groups is 1. The lowest BCUT2D eigenvalue weighted by Crippen LogP contribution is -2.53. The van der Waals surface area contributed by atoms with E-state index < -0.39 is 10.8 Å². The van der Waals surface area contributed by atoms with E-state index in [-0.39, 0.29) is 21.9 Å². The number of aromatic nitrogens is 1. The highest BCUT2D eigenvalue weighted by atomic mass is 35.5. The molecule has 0 saturated heterocycles. The van der Waals surface area contributed by atoms with Gasteiger partial charge in [0.05, 0.1) is 10.5 Å². The van der Waals surface area contributed by atoms with Crippen molar-refractivity contribution in [1.82, 2.24) is 10.3 Å². The third kappa shape index (κ3) is 2.68. The Morgan fingerprint density at radius 1 is 1.63 bits per heavy atom. The lowest BCUT2D eigenvalue weighted by molar-refractivity contribution is -0.385. The lowest BCUT2D eigenvalue weighted by Gasteiger charge is -2.42. The molecule has 1 aromatic heterocycles. The number of rotatable bonds is 4. The van der Waals surface area contributed by atoms with Crippen molar-refractivity contribution < 1.29 is 9.72 Å². The zero-order valence-corrected chi connectivity index (χ0v) is 11.2. The monoisotopic (exact) mass is 283 g/mol. The fourth-order valence-electron chi connectivity index (χ4n) is 2.17. The summed E-state index contributed by atoms with van der Waals surface area (Å²) >= 11 is 5.83. The molecule has 0 atom stereocenters. The van der Waals surface area contributed by atoms with Gasteiger partial charge in [-0.1, -0.05) is 18.5 Å². The summed E-state index contributed by atoms with van der Waals surface area (Å²) in [4.78, 5) is 25.9. The molecule has 1 aliphatic carbocycles. The smallest absolute Gasteiger partial charge is 0.288 e. The molecule has 19 heavy (non-hydrogen) atoms. The third-order valence-electron chi connectivity index (χ3n) is 3.65. The summed E-state index contributed by atoms with van der Waals surface area (Å²) in [7, 11) is 0. The minimum atomic E-state index is -0.598. The maximum Gasteiger partial charge on any atom is 0.288 e. The Balaban J connectivity index is 2.23. The Hall–Kier alpha value is -1.69. The molecular weight excluding hydrogens is 270 g/mol. The fraction of sp³-hybridized carbons (Fsp3) is 0.500. The molecule has 1 amide bonds. The molecular formula is C12H14ClN3O3. The number of nitrogens with zero attached hydrogens (tertiary/aromatic N) is 2. The summed E-state index contributed by atoms with van der Waals surface area (Å²) in [6.07, 6.45) is 4.80. The summed E-state index contributed by atoms with van der Waals surface area (Å²) in [5.41, 5.74) is -0.380. The second kappa shape index (κ2) is 5.13. The van der Waals surface area contributed by atoms with Crippen LogP contribution >= 0.6 is 11.6 Å². The van der Waals surface area contributed by atoms with Crippen molar-refractivity contribution in [2.45, 2.75) is 38.1 Å². The van der Waals surface area contributed by atoms with Gasteiger partial charge in [-0.2, -0.15) is 0 Å². The van der Waals surface area contributed by atoms with E-state index >= 15 is 0 Å². The summed E-state index contributed by atoms with van der Waals surface area (Å²) in [6, 6.07) is 1.16. The van der Waals surface area contributed by atoms with Crippen LogP contribution in [0.4, 0.5) is 5.69 Å². The van der Waals surface area contributed by atoms with Gasteiger partial charge >= 0.3 is 0 Å². The Bertz CT molecular complexity index is 523. The van der Waals surface area contributed by atoms with Crippen molar-refractivity contribution in [3.05, 3.63) is 33.1 Å². The SMILES string of the molecule is CCC1(NC(=O)c2cc([N+](=O)[O-])cnc2Cl)CCC1. The largest absolute Gasteiger partial charge is 0.347 e. The van der Waals surface area contributed by atoms with Gasteiger partial charge in [-0.3, -0.25) is 14.9 Å². The van der Waals surface area contributed by atoms with Gasteiger partial charge in [0.2, 0.25) is 0 Å². The van der Waals surface area contributed by atoms with Gasteiger partial charge in [0.25, 0.3) is 11.6 Å². The summed E-state index contributed by atoms with van der Waals surface area (Å²) in [5, 5.41) is 13.6. The number of pyridine rings is 1. The van der Waals surface area contributed by atoms with Crippen molar-refractivity contribution in [3.63, 3.8) is 0 Å². The van der Waals surface area contributed by atoms with Gasteiger partial charge < -0.3 is 5.32 Å². The van der Waals surface area contributed by atoms with E-state index in [1.807, 2.05) is 6.92 Å². The Kier molecular flexibility index (Phi) is 3.71. The second-order valence-electron chi connectivity index (χ2n) is 4.73. The summed E-state index contributed by atoms with van der Waals surface area (Å²) < 4.78 is 0. The van der Waals surface area contributed by atoms with E-state index in [1.165, 1.54) is 0 Å². The van der Waals surface area contributed by atoms with Crippen LogP contribution in [0.3, 0.4) is 0 Å². The van der Waals surface area contributed by atoms with E-state index in [0.29, 0.717) is 0 Å². The molecule has 0 bridgehead atoms. The molecule has 1 saturated carbocycles. The van der Waals surface area contributed by atoms with Gasteiger partial charge in [0.15, 0.2) is 0 Å². The molecule has 102 valence electrons. The lowest BCUT2D eigenvalue weighted by atomic mass is 9.74. The van der Waals surface area contributed by atoms with Gasteiger partial charge in [-0.05, 0) is 25.7 Å². The predicted octanol–water partition coefficient (Wildman–Crippen LogP) is 2.71. The predicted molar refractivity (Wildman–Crippen MR) is 70.2 cm³/mol. The number of amides is 1. The van der Waals surface area contributed by atoms with Crippen molar-refractivity contribution >= 4 is 23.2 Å². The van der Waals surface area contributed by atoms with Crippen LogP contribution in [0.15, 0.2) is 12.3 Å². The van der Waals surface area contributed by atoms with Crippen LogP contribution in [-0.4, -0.2) is 21.4 Å². The van der Waals surface area contributed by atoms with Gasteiger partial charge in [0, 0.05) is 11.6 Å². The van der Waals surface area contributed by atoms with Gasteiger partial charge in [-0.25, -0.2) is 4.98 Å². The van der Waals surface area contributed by atoms with E-state index in [2.05, 4.69) is 10.3 Å². The summed E-state index contributed by atoms with van der Waals surface area (Å²) in [5.74, 6) is -0.400. The van der Waals surface area contributed by atoms with Gasteiger partial charge in [-0.15, -0.1) is 0 Å². The van der Waals surface area contributed by atoms with Crippen LogP contribution in [0.2, 0.25) is 5.15 Å². The van der Waals surface area contributed by atoms with E-state index in [9.17, 15) is 14.9 Å². The maximum absolute atomic E-state index is 12.1. The Morgan fingerprint density at radius 2 is 2.32 bits per heavy atom. The molecule has 0 aliphatic heterocycles. The van der Waals surface area contributed by atoms with Crippen LogP contribution in [-0.2, 0) is 0 Å². The average Bonchev–Trinajstić information content (AvgIpc) is 2.33. The van der Waals surface area contributed by atoms with Crippen molar-refractivity contribution in [3.8, 4) is 0 Å². The quantitative estimate of drug-likeness (QED) is 0.523. The fourth-order valence-corrected chi connectivity index (χ4v) is 2.36. The Labute approximate surface area is 115 Å². The minimum Gasteiger partial charge on any atom is -0.347 e. The molecule has 0 unspecified atom stereocenters. The zero-order chi connectivity index (χ0) is 14.0. The first kappa shape index (κ1) is 13.7. The standard InChI is InChI=1S/C12H14ClN3O3/c1-2-12(4-3-5-12)15-11(17)9-6-8(16(18)19)7-14-10(9)13/h6-7H,2-5H2,1H3,(H,15,17). The van der Waals surface area contributed by atoms with E-state index in [4.69, 9.17) is 11.6 Å². The van der Waals surface area contributed by atoms with E-state index in [1.54, 1.807) is 0 Å². The van der Waals surface area contributed by atoms with Crippen LogP contribution in [0, 0.1) is 10.1 Å². The molecule has 1 fully saturated rings. The minimum absolute atomic E-state index is 0.0197. The highest BCUT2D eigenvalue weighted by molar-refractivity contribution is 6.32. The van der Waals surface area contributed by atoms with Crippen LogP contribution in [0.1, 0.15) is 43.0 Å². The number of nitro groups is 1. The normalized spacial score (nSPS) is 16.5. The van der Waals surface area contributed by atoms with Crippen molar-refractivity contribution in [2.75, 3.05) is 0 Å². The molecule has 1 aliphatic rings. The summed E-state index contributed by atoms with van der Waals surface area (Å²) in [6.45, 7) is 2.01. The zero-order valence-electron chi connectivity index (χ0n) is 10.5. The maximum atomic E-state index is 12.1. The van der Waals surface area contributed by atoms with Crippen LogP contribution in [0.5, 0.6) is 0 Å². The molecule has 1 heterocycles. The van der Waals surface area contributed by atoms with Crippen molar-refractivity contribution in [1.29, 1.82) is 0 Å². The molecule has 2 rings (SSSR count). The first-order valence-corrected chi connectivity index (χ1v) is 6.48. The van der Waals surface area contributed by atoms with Crippen LogP contribution in [0.25, 0.3) is 0 Å². The number of halogens is 1. The highest BCUT2D eigenvalue weighted by Gasteiger charge is 2.37. The van der Waals surface area contributed by atoms with Gasteiger partial charge in [0.1, 0.15) is 11.3 Å². The number of nitrogens with one attached hydrogen (secondary N) is 1.